The average Bonchev–Trinajstić information content (AvgIpc) is 3.35. The van der Waals surface area contributed by atoms with Crippen LogP contribution in [0.25, 0.3) is 10.9 Å². The van der Waals surface area contributed by atoms with E-state index in [4.69, 9.17) is 9.47 Å². The highest BCUT2D eigenvalue weighted by Gasteiger charge is 2.49. The van der Waals surface area contributed by atoms with Gasteiger partial charge in [0.15, 0.2) is 11.5 Å². The van der Waals surface area contributed by atoms with Crippen LogP contribution in [0.4, 0.5) is 19.0 Å². The van der Waals surface area contributed by atoms with Crippen LogP contribution in [0.15, 0.2) is 30.3 Å². The Morgan fingerprint density at radius 1 is 1.25 bits per heavy atom. The lowest BCUT2D eigenvalue weighted by Crippen LogP contribution is -2.41. The number of nitrogens with one attached hydrogen (secondary N) is 1. The first kappa shape index (κ1) is 29.4. The molecule has 1 fully saturated rings. The van der Waals surface area contributed by atoms with Gasteiger partial charge in [0.2, 0.25) is 5.91 Å². The minimum Gasteiger partial charge on any atom is -0.493 e. The highest BCUT2D eigenvalue weighted by Crippen LogP contribution is 2.42. The second-order valence-electron chi connectivity index (χ2n) is 10.7. The van der Waals surface area contributed by atoms with Gasteiger partial charge in [-0.25, -0.2) is 14.4 Å². The van der Waals surface area contributed by atoms with Crippen LogP contribution in [0.5, 0.6) is 11.5 Å². The average molecular weight is 561 g/mol. The Labute approximate surface area is 231 Å². The number of rotatable bonds is 9. The van der Waals surface area contributed by atoms with Crippen molar-refractivity contribution in [3.8, 4) is 11.5 Å². The number of benzene rings is 2. The van der Waals surface area contributed by atoms with Crippen molar-refractivity contribution in [1.29, 1.82) is 0 Å². The summed E-state index contributed by atoms with van der Waals surface area (Å²) in [6.07, 6.45) is 1.74. The zero-order valence-electron chi connectivity index (χ0n) is 23.5. The van der Waals surface area contributed by atoms with Crippen LogP contribution in [-0.2, 0) is 10.7 Å². The standard InChI is InChI=1S/C29H35F3N4O4/c1-16(20-10-7-11-22(26(20)30)29(31,32)28(4,5)38)33-27-21-13-25(24(39-6)14-23(21)34-17(2)35-27)40-15-19-9-8-12-36(19)18(3)37/h7,10-11,13-14,16,19,38H,8-9,12,15H2,1-6H3,(H,33,34,35)/t16-,19+/m1/s1. The van der Waals surface area contributed by atoms with Crippen LogP contribution in [0.3, 0.4) is 0 Å². The summed E-state index contributed by atoms with van der Waals surface area (Å²) in [6.45, 7) is 7.72. The summed E-state index contributed by atoms with van der Waals surface area (Å²) in [7, 11) is 1.51. The number of alkyl halides is 2. The Morgan fingerprint density at radius 3 is 2.62 bits per heavy atom. The molecule has 1 aromatic heterocycles. The number of aryl methyl sites for hydroxylation is 1. The zero-order valence-corrected chi connectivity index (χ0v) is 23.5. The highest BCUT2D eigenvalue weighted by atomic mass is 19.3. The number of carbonyl (C=O) groups excluding carboxylic acids is 1. The number of nitrogens with zero attached hydrogens (tertiary/aromatic N) is 3. The molecule has 0 bridgehead atoms. The number of aromatic nitrogens is 2. The van der Waals surface area contributed by atoms with E-state index in [-0.39, 0.29) is 24.1 Å². The smallest absolute Gasteiger partial charge is 0.303 e. The normalized spacial score (nSPS) is 16.8. The van der Waals surface area contributed by atoms with Gasteiger partial charge < -0.3 is 24.8 Å². The number of halogens is 3. The van der Waals surface area contributed by atoms with Gasteiger partial charge in [0.05, 0.1) is 30.3 Å². The topological polar surface area (TPSA) is 96.8 Å². The van der Waals surface area contributed by atoms with Crippen molar-refractivity contribution >= 4 is 22.6 Å². The molecule has 2 atom stereocenters. The van der Waals surface area contributed by atoms with E-state index in [2.05, 4.69) is 15.3 Å². The van der Waals surface area contributed by atoms with Crippen molar-refractivity contribution in [2.45, 2.75) is 71.1 Å². The van der Waals surface area contributed by atoms with Crippen LogP contribution >= 0.6 is 0 Å². The van der Waals surface area contributed by atoms with E-state index in [1.165, 1.54) is 26.2 Å². The quantitative estimate of drug-likeness (QED) is 0.356. The third-order valence-corrected chi connectivity index (χ3v) is 7.26. The number of likely N-dealkylation sites (tertiary alicyclic amines) is 1. The monoisotopic (exact) mass is 560 g/mol. The molecule has 0 unspecified atom stereocenters. The van der Waals surface area contributed by atoms with Crippen LogP contribution in [0, 0.1) is 12.7 Å². The van der Waals surface area contributed by atoms with Crippen LogP contribution in [0.2, 0.25) is 0 Å². The highest BCUT2D eigenvalue weighted by molar-refractivity contribution is 5.92. The third kappa shape index (κ3) is 5.65. The van der Waals surface area contributed by atoms with Gasteiger partial charge in [0.1, 0.15) is 29.7 Å². The second kappa shape index (κ2) is 11.1. The molecule has 40 heavy (non-hydrogen) atoms. The summed E-state index contributed by atoms with van der Waals surface area (Å²) in [5.74, 6) is -3.27. The minimum absolute atomic E-state index is 0.00228. The minimum atomic E-state index is -3.81. The molecule has 3 aromatic rings. The fourth-order valence-corrected chi connectivity index (χ4v) is 4.98. The van der Waals surface area contributed by atoms with Crippen molar-refractivity contribution in [3.05, 3.63) is 53.1 Å². The maximum atomic E-state index is 15.4. The Bertz CT molecular complexity index is 1410. The Hall–Kier alpha value is -3.60. The lowest BCUT2D eigenvalue weighted by molar-refractivity contribution is -0.170. The van der Waals surface area contributed by atoms with Crippen molar-refractivity contribution in [3.63, 3.8) is 0 Å². The molecule has 1 aliphatic heterocycles. The summed E-state index contributed by atoms with van der Waals surface area (Å²) in [4.78, 5) is 22.7. The van der Waals surface area contributed by atoms with E-state index >= 15 is 4.39 Å². The fourth-order valence-electron chi connectivity index (χ4n) is 4.98. The first-order valence-electron chi connectivity index (χ1n) is 13.2. The number of fused-ring (bicyclic) bond motifs is 1. The fraction of sp³-hybridized carbons (Fsp3) is 0.483. The summed E-state index contributed by atoms with van der Waals surface area (Å²) in [5.41, 5.74) is -2.82. The van der Waals surface area contributed by atoms with Crippen LogP contribution in [0.1, 0.15) is 63.5 Å². The summed E-state index contributed by atoms with van der Waals surface area (Å²) in [6, 6.07) is 6.31. The molecule has 1 aliphatic rings. The van der Waals surface area contributed by atoms with Gasteiger partial charge in [-0.1, -0.05) is 12.1 Å². The lowest BCUT2D eigenvalue weighted by atomic mass is 9.91. The van der Waals surface area contributed by atoms with E-state index < -0.39 is 28.9 Å². The van der Waals surface area contributed by atoms with Crippen molar-refractivity contribution < 1.29 is 32.5 Å². The molecule has 216 valence electrons. The molecule has 11 heteroatoms. The van der Waals surface area contributed by atoms with E-state index in [0.29, 0.717) is 40.6 Å². The molecule has 2 heterocycles. The second-order valence-corrected chi connectivity index (χ2v) is 10.7. The molecule has 2 N–H and O–H groups in total. The number of anilines is 1. The van der Waals surface area contributed by atoms with Crippen LogP contribution < -0.4 is 14.8 Å². The molecule has 1 amide bonds. The Kier molecular flexibility index (Phi) is 8.16. The molecule has 8 nitrogen and oxygen atoms in total. The largest absolute Gasteiger partial charge is 0.493 e. The molecular formula is C29H35F3N4O4. The van der Waals surface area contributed by atoms with E-state index in [1.807, 2.05) is 0 Å². The summed E-state index contributed by atoms with van der Waals surface area (Å²) >= 11 is 0. The number of ether oxygens (including phenoxy) is 2. The summed E-state index contributed by atoms with van der Waals surface area (Å²) in [5, 5.41) is 13.7. The molecule has 1 saturated heterocycles. The van der Waals surface area contributed by atoms with Gasteiger partial charge >= 0.3 is 5.92 Å². The first-order valence-corrected chi connectivity index (χ1v) is 13.2. The van der Waals surface area contributed by atoms with E-state index in [0.717, 1.165) is 32.8 Å². The number of amides is 1. The first-order chi connectivity index (χ1) is 18.7. The van der Waals surface area contributed by atoms with Gasteiger partial charge in [-0.15, -0.1) is 0 Å². The van der Waals surface area contributed by atoms with Crippen molar-refractivity contribution in [1.82, 2.24) is 14.9 Å². The molecule has 4 rings (SSSR count). The molecule has 0 radical (unpaired) electrons. The van der Waals surface area contributed by atoms with Crippen LogP contribution in [-0.4, -0.2) is 57.8 Å². The number of aliphatic hydroxyl groups is 1. The van der Waals surface area contributed by atoms with Crippen molar-refractivity contribution in [2.75, 3.05) is 25.6 Å². The molecule has 0 spiro atoms. The Morgan fingerprint density at radius 2 is 1.98 bits per heavy atom. The van der Waals surface area contributed by atoms with Gasteiger partial charge in [-0.2, -0.15) is 8.78 Å². The predicted octanol–water partition coefficient (Wildman–Crippen LogP) is 5.51. The van der Waals surface area contributed by atoms with Gasteiger partial charge in [-0.05, 0) is 52.7 Å². The maximum Gasteiger partial charge on any atom is 0.303 e. The van der Waals surface area contributed by atoms with E-state index in [9.17, 15) is 18.7 Å². The molecule has 0 aliphatic carbocycles. The SMILES string of the molecule is COc1cc2nc(C)nc(N[C@H](C)c3cccc(C(F)(F)C(C)(C)O)c3F)c2cc1OC[C@@H]1CCCN1C(C)=O. The predicted molar refractivity (Wildman–Crippen MR) is 145 cm³/mol. The summed E-state index contributed by atoms with van der Waals surface area (Å²) < 4.78 is 56.8. The lowest BCUT2D eigenvalue weighted by Gasteiger charge is -2.30. The maximum absolute atomic E-state index is 15.4. The number of methoxy groups -OCH3 is 1. The number of carbonyl (C=O) groups is 1. The van der Waals surface area contributed by atoms with Crippen molar-refractivity contribution in [2.24, 2.45) is 0 Å². The van der Waals surface area contributed by atoms with E-state index in [1.54, 1.807) is 30.9 Å². The zero-order chi connectivity index (χ0) is 29.4. The Balaban J connectivity index is 1.68. The van der Waals surface area contributed by atoms with Gasteiger partial charge in [0.25, 0.3) is 0 Å². The van der Waals surface area contributed by atoms with Gasteiger partial charge in [-0.3, -0.25) is 4.79 Å². The third-order valence-electron chi connectivity index (χ3n) is 7.26. The van der Waals surface area contributed by atoms with Gasteiger partial charge in [0, 0.05) is 30.5 Å². The number of hydrogen-bond acceptors (Lipinski definition) is 7. The number of hydrogen-bond donors (Lipinski definition) is 2. The molecule has 2 aromatic carbocycles. The molecule has 0 saturated carbocycles. The molecular weight excluding hydrogens is 525 g/mol.